The Bertz CT molecular complexity index is 341. The fourth-order valence-corrected chi connectivity index (χ4v) is 2.30. The number of nitrogens with zero attached hydrogens (tertiary/aromatic N) is 1. The van der Waals surface area contributed by atoms with Crippen LogP contribution in [-0.2, 0) is 0 Å². The smallest absolute Gasteiger partial charge is 0.227 e. The monoisotopic (exact) mass is 299 g/mol. The van der Waals surface area contributed by atoms with Crippen LogP contribution >= 0.6 is 15.9 Å². The highest BCUT2D eigenvalue weighted by Crippen LogP contribution is 2.24. The largest absolute Gasteiger partial charge is 0.477 e. The van der Waals surface area contributed by atoms with E-state index in [4.69, 9.17) is 4.74 Å². The summed E-state index contributed by atoms with van der Waals surface area (Å²) in [5.74, 6) is 1.36. The summed E-state index contributed by atoms with van der Waals surface area (Å²) in [6.07, 6.45) is 6.79. The van der Waals surface area contributed by atoms with Gasteiger partial charge < -0.3 is 4.74 Å². The molecular weight excluding hydrogens is 278 g/mol. The van der Waals surface area contributed by atoms with Crippen molar-refractivity contribution in [2.75, 3.05) is 6.61 Å². The van der Waals surface area contributed by atoms with Crippen LogP contribution in [0.15, 0.2) is 16.7 Å². The molecule has 0 saturated heterocycles. The van der Waals surface area contributed by atoms with Gasteiger partial charge in [0.1, 0.15) is 0 Å². The van der Waals surface area contributed by atoms with E-state index in [1.54, 1.807) is 0 Å². The molecule has 1 aromatic rings. The third-order valence-corrected chi connectivity index (χ3v) is 3.51. The van der Waals surface area contributed by atoms with Gasteiger partial charge in [-0.2, -0.15) is 0 Å². The maximum atomic E-state index is 5.78. The lowest BCUT2D eigenvalue weighted by atomic mass is 10.0. The van der Waals surface area contributed by atoms with Crippen LogP contribution in [0.5, 0.6) is 5.88 Å². The number of aromatic nitrogens is 1. The number of unbranched alkanes of at least 4 members (excludes halogenated alkanes) is 1. The molecule has 1 unspecified atom stereocenters. The summed E-state index contributed by atoms with van der Waals surface area (Å²) in [4.78, 5) is 4.30. The van der Waals surface area contributed by atoms with Crippen LogP contribution < -0.4 is 4.74 Å². The van der Waals surface area contributed by atoms with E-state index in [1.807, 2.05) is 19.2 Å². The molecule has 0 N–H and O–H groups in total. The van der Waals surface area contributed by atoms with Crippen molar-refractivity contribution in [3.05, 3.63) is 22.3 Å². The van der Waals surface area contributed by atoms with Crippen LogP contribution in [0.2, 0.25) is 0 Å². The first-order valence-corrected chi connectivity index (χ1v) is 7.21. The number of aryl methyl sites for hydroxylation is 1. The molecule has 17 heavy (non-hydrogen) atoms. The molecule has 1 heterocycles. The highest BCUT2D eigenvalue weighted by atomic mass is 79.9. The van der Waals surface area contributed by atoms with Gasteiger partial charge in [0.15, 0.2) is 0 Å². The molecule has 0 fully saturated rings. The van der Waals surface area contributed by atoms with Crippen molar-refractivity contribution in [3.63, 3.8) is 0 Å². The summed E-state index contributed by atoms with van der Waals surface area (Å²) in [7, 11) is 0. The Morgan fingerprint density at radius 1 is 1.41 bits per heavy atom. The lowest BCUT2D eigenvalue weighted by Gasteiger charge is -2.15. The average Bonchev–Trinajstić information content (AvgIpc) is 2.31. The highest BCUT2D eigenvalue weighted by molar-refractivity contribution is 9.10. The number of ether oxygens (including phenoxy) is 1. The standard InChI is InChI=1S/C14H22BrNO/c1-4-6-7-12(5-2)10-17-14-13(15)8-11(3)9-16-14/h8-9,12H,4-7,10H2,1-3H3. The molecule has 3 heteroatoms. The third kappa shape index (κ3) is 5.07. The predicted molar refractivity (Wildman–Crippen MR) is 75.5 cm³/mol. The van der Waals surface area contributed by atoms with Crippen molar-refractivity contribution >= 4 is 15.9 Å². The van der Waals surface area contributed by atoms with Gasteiger partial charge in [0.2, 0.25) is 5.88 Å². The molecule has 0 amide bonds. The van der Waals surface area contributed by atoms with Crippen molar-refractivity contribution < 1.29 is 4.74 Å². The van der Waals surface area contributed by atoms with E-state index in [0.29, 0.717) is 11.8 Å². The van der Waals surface area contributed by atoms with E-state index in [9.17, 15) is 0 Å². The molecule has 96 valence electrons. The Hall–Kier alpha value is -0.570. The molecule has 0 aliphatic heterocycles. The predicted octanol–water partition coefficient (Wildman–Crippen LogP) is 4.75. The van der Waals surface area contributed by atoms with Crippen molar-refractivity contribution in [2.24, 2.45) is 5.92 Å². The van der Waals surface area contributed by atoms with E-state index < -0.39 is 0 Å². The number of halogens is 1. The minimum atomic E-state index is 0.643. The summed E-state index contributed by atoms with van der Waals surface area (Å²) in [6, 6.07) is 2.04. The van der Waals surface area contributed by atoms with Gasteiger partial charge in [-0.1, -0.05) is 33.1 Å². The first-order valence-electron chi connectivity index (χ1n) is 6.42. The van der Waals surface area contributed by atoms with Crippen molar-refractivity contribution in [1.82, 2.24) is 4.98 Å². The minimum absolute atomic E-state index is 0.643. The molecule has 0 radical (unpaired) electrons. The number of hydrogen-bond acceptors (Lipinski definition) is 2. The molecule has 2 nitrogen and oxygen atoms in total. The Labute approximate surface area is 113 Å². The Balaban J connectivity index is 2.47. The van der Waals surface area contributed by atoms with Crippen molar-refractivity contribution in [1.29, 1.82) is 0 Å². The second-order valence-electron chi connectivity index (χ2n) is 4.53. The van der Waals surface area contributed by atoms with Gasteiger partial charge in [0.25, 0.3) is 0 Å². The topological polar surface area (TPSA) is 22.1 Å². The van der Waals surface area contributed by atoms with E-state index >= 15 is 0 Å². The van der Waals surface area contributed by atoms with Crippen LogP contribution in [0.1, 0.15) is 45.1 Å². The molecule has 0 spiro atoms. The second kappa shape index (κ2) is 7.70. The summed E-state index contributed by atoms with van der Waals surface area (Å²) < 4.78 is 6.73. The molecule has 0 saturated carbocycles. The maximum absolute atomic E-state index is 5.78. The molecule has 1 aromatic heterocycles. The van der Waals surface area contributed by atoms with Crippen molar-refractivity contribution in [2.45, 2.75) is 46.5 Å². The zero-order valence-electron chi connectivity index (χ0n) is 11.0. The van der Waals surface area contributed by atoms with Crippen LogP contribution in [0, 0.1) is 12.8 Å². The zero-order valence-corrected chi connectivity index (χ0v) is 12.6. The number of rotatable bonds is 7. The summed E-state index contributed by atoms with van der Waals surface area (Å²) in [5, 5.41) is 0. The van der Waals surface area contributed by atoms with E-state index in [2.05, 4.69) is 34.8 Å². The lowest BCUT2D eigenvalue weighted by Crippen LogP contribution is -2.12. The van der Waals surface area contributed by atoms with Crippen LogP contribution in [0.3, 0.4) is 0 Å². The first kappa shape index (κ1) is 14.5. The van der Waals surface area contributed by atoms with Gasteiger partial charge in [-0.25, -0.2) is 4.98 Å². The summed E-state index contributed by atoms with van der Waals surface area (Å²) in [6.45, 7) is 7.25. The van der Waals surface area contributed by atoms with E-state index in [0.717, 1.165) is 16.6 Å². The summed E-state index contributed by atoms with van der Waals surface area (Å²) >= 11 is 3.48. The van der Waals surface area contributed by atoms with Gasteiger partial charge in [-0.3, -0.25) is 0 Å². The number of pyridine rings is 1. The molecule has 0 bridgehead atoms. The zero-order chi connectivity index (χ0) is 12.7. The highest BCUT2D eigenvalue weighted by Gasteiger charge is 2.09. The van der Waals surface area contributed by atoms with Gasteiger partial charge >= 0.3 is 0 Å². The molecule has 1 atom stereocenters. The van der Waals surface area contributed by atoms with Gasteiger partial charge in [0, 0.05) is 6.20 Å². The van der Waals surface area contributed by atoms with Gasteiger partial charge in [0.05, 0.1) is 11.1 Å². The van der Waals surface area contributed by atoms with Gasteiger partial charge in [-0.05, 0) is 46.8 Å². The van der Waals surface area contributed by atoms with Gasteiger partial charge in [-0.15, -0.1) is 0 Å². The third-order valence-electron chi connectivity index (χ3n) is 2.94. The summed E-state index contributed by atoms with van der Waals surface area (Å²) in [5.41, 5.74) is 1.14. The van der Waals surface area contributed by atoms with E-state index in [-0.39, 0.29) is 0 Å². The van der Waals surface area contributed by atoms with Crippen LogP contribution in [0.4, 0.5) is 0 Å². The molecule has 0 aromatic carbocycles. The normalized spacial score (nSPS) is 12.5. The number of hydrogen-bond donors (Lipinski definition) is 0. The fourth-order valence-electron chi connectivity index (χ4n) is 1.72. The average molecular weight is 300 g/mol. The Morgan fingerprint density at radius 2 is 2.18 bits per heavy atom. The molecule has 0 aliphatic rings. The first-order chi connectivity index (χ1) is 8.17. The van der Waals surface area contributed by atoms with E-state index in [1.165, 1.54) is 25.7 Å². The van der Waals surface area contributed by atoms with Crippen LogP contribution in [0.25, 0.3) is 0 Å². The lowest BCUT2D eigenvalue weighted by molar-refractivity contribution is 0.224. The van der Waals surface area contributed by atoms with Crippen LogP contribution in [-0.4, -0.2) is 11.6 Å². The SMILES string of the molecule is CCCCC(CC)COc1ncc(C)cc1Br. The second-order valence-corrected chi connectivity index (χ2v) is 5.38. The quantitative estimate of drug-likeness (QED) is 0.725. The minimum Gasteiger partial charge on any atom is -0.477 e. The molecule has 1 rings (SSSR count). The fraction of sp³-hybridized carbons (Fsp3) is 0.643. The molecular formula is C14H22BrNO. The Kier molecular flexibility index (Phi) is 6.56. The maximum Gasteiger partial charge on any atom is 0.227 e. The van der Waals surface area contributed by atoms with Crippen molar-refractivity contribution in [3.8, 4) is 5.88 Å². The molecule has 0 aliphatic carbocycles. The Morgan fingerprint density at radius 3 is 2.76 bits per heavy atom.